The van der Waals surface area contributed by atoms with Crippen LogP contribution >= 0.6 is 0 Å². The van der Waals surface area contributed by atoms with Crippen LogP contribution in [0.3, 0.4) is 0 Å². The maximum Gasteiger partial charge on any atom is 0.410 e. The Labute approximate surface area is 131 Å². The lowest BCUT2D eigenvalue weighted by atomic mass is 10.1. The second-order valence-corrected chi connectivity index (χ2v) is 5.81. The average molecular weight is 302 g/mol. The number of likely N-dealkylation sites (tertiary alicyclic amines) is 1. The highest BCUT2D eigenvalue weighted by Gasteiger charge is 2.24. The SMILES string of the molecule is Cc1ccc(NC2CCN(C(=O)OC(C)C)CC2)nc1C#N. The van der Waals surface area contributed by atoms with Gasteiger partial charge in [0.1, 0.15) is 17.6 Å². The summed E-state index contributed by atoms with van der Waals surface area (Å²) in [6.07, 6.45) is 1.34. The van der Waals surface area contributed by atoms with E-state index in [1.807, 2.05) is 32.9 Å². The molecule has 1 aromatic heterocycles. The third-order valence-electron chi connectivity index (χ3n) is 3.64. The molecule has 1 N–H and O–H groups in total. The van der Waals surface area contributed by atoms with Gasteiger partial charge in [0, 0.05) is 19.1 Å². The lowest BCUT2D eigenvalue weighted by Gasteiger charge is -2.32. The number of aryl methyl sites for hydroxylation is 1. The summed E-state index contributed by atoms with van der Waals surface area (Å²) in [5.74, 6) is 0.713. The highest BCUT2D eigenvalue weighted by molar-refractivity contribution is 5.67. The van der Waals surface area contributed by atoms with Crippen LogP contribution in [0.1, 0.15) is 37.9 Å². The monoisotopic (exact) mass is 302 g/mol. The minimum Gasteiger partial charge on any atom is -0.447 e. The normalized spacial score (nSPS) is 15.5. The van der Waals surface area contributed by atoms with Crippen molar-refractivity contribution in [3.05, 3.63) is 23.4 Å². The number of nitriles is 1. The number of amides is 1. The van der Waals surface area contributed by atoms with Crippen LogP contribution < -0.4 is 5.32 Å². The van der Waals surface area contributed by atoms with Gasteiger partial charge in [0.05, 0.1) is 6.10 Å². The predicted octanol–water partition coefficient (Wildman–Crippen LogP) is 2.68. The Kier molecular flexibility index (Phi) is 5.21. The Morgan fingerprint density at radius 3 is 2.73 bits per heavy atom. The zero-order valence-electron chi connectivity index (χ0n) is 13.3. The molecule has 1 aromatic rings. The van der Waals surface area contributed by atoms with E-state index in [4.69, 9.17) is 10.00 Å². The molecule has 1 aliphatic rings. The molecular weight excluding hydrogens is 280 g/mol. The van der Waals surface area contributed by atoms with Gasteiger partial charge in [0.15, 0.2) is 0 Å². The largest absolute Gasteiger partial charge is 0.447 e. The van der Waals surface area contributed by atoms with Crippen LogP contribution in [-0.4, -0.2) is 41.2 Å². The molecule has 1 fully saturated rings. The average Bonchev–Trinajstić information content (AvgIpc) is 2.49. The first-order chi connectivity index (χ1) is 10.5. The molecule has 0 saturated carbocycles. The summed E-state index contributed by atoms with van der Waals surface area (Å²) in [6, 6.07) is 6.12. The fourth-order valence-corrected chi connectivity index (χ4v) is 2.41. The Bertz CT molecular complexity index is 572. The van der Waals surface area contributed by atoms with E-state index in [0.29, 0.717) is 24.6 Å². The van der Waals surface area contributed by atoms with Crippen molar-refractivity contribution in [2.75, 3.05) is 18.4 Å². The van der Waals surface area contributed by atoms with Gasteiger partial charge in [-0.1, -0.05) is 6.07 Å². The van der Waals surface area contributed by atoms with Gasteiger partial charge in [-0.3, -0.25) is 0 Å². The number of aromatic nitrogens is 1. The van der Waals surface area contributed by atoms with Crippen LogP contribution in [0, 0.1) is 18.3 Å². The van der Waals surface area contributed by atoms with Gasteiger partial charge in [-0.15, -0.1) is 0 Å². The van der Waals surface area contributed by atoms with Crippen molar-refractivity contribution in [2.45, 2.75) is 45.8 Å². The lowest BCUT2D eigenvalue weighted by Crippen LogP contribution is -2.43. The van der Waals surface area contributed by atoms with E-state index in [1.54, 1.807) is 4.90 Å². The summed E-state index contributed by atoms with van der Waals surface area (Å²) in [5, 5.41) is 12.4. The molecule has 118 valence electrons. The highest BCUT2D eigenvalue weighted by atomic mass is 16.6. The van der Waals surface area contributed by atoms with Crippen molar-refractivity contribution in [1.82, 2.24) is 9.88 Å². The molecule has 2 rings (SSSR count). The number of anilines is 1. The number of rotatable bonds is 3. The molecule has 2 heterocycles. The summed E-state index contributed by atoms with van der Waals surface area (Å²) in [4.78, 5) is 17.9. The van der Waals surface area contributed by atoms with Crippen LogP contribution in [0.2, 0.25) is 0 Å². The predicted molar refractivity (Wildman–Crippen MR) is 83.5 cm³/mol. The van der Waals surface area contributed by atoms with Crippen LogP contribution in [0.4, 0.5) is 10.6 Å². The summed E-state index contributed by atoms with van der Waals surface area (Å²) in [6.45, 7) is 6.90. The molecule has 1 amide bonds. The van der Waals surface area contributed by atoms with E-state index in [0.717, 1.165) is 18.4 Å². The summed E-state index contributed by atoms with van der Waals surface area (Å²) in [5.41, 5.74) is 1.32. The molecular formula is C16H22N4O2. The van der Waals surface area contributed by atoms with Crippen molar-refractivity contribution in [1.29, 1.82) is 5.26 Å². The van der Waals surface area contributed by atoms with Crippen LogP contribution in [-0.2, 0) is 4.74 Å². The second kappa shape index (κ2) is 7.12. The van der Waals surface area contributed by atoms with Gasteiger partial charge < -0.3 is 15.0 Å². The van der Waals surface area contributed by atoms with E-state index in [2.05, 4.69) is 16.4 Å². The second-order valence-electron chi connectivity index (χ2n) is 5.81. The Morgan fingerprint density at radius 2 is 2.14 bits per heavy atom. The number of carbonyl (C=O) groups is 1. The van der Waals surface area contributed by atoms with Gasteiger partial charge in [-0.2, -0.15) is 5.26 Å². The molecule has 22 heavy (non-hydrogen) atoms. The van der Waals surface area contributed by atoms with Crippen molar-refractivity contribution in [3.63, 3.8) is 0 Å². The summed E-state index contributed by atoms with van der Waals surface area (Å²) < 4.78 is 5.20. The molecule has 6 nitrogen and oxygen atoms in total. The molecule has 0 aliphatic carbocycles. The Balaban J connectivity index is 1.88. The van der Waals surface area contributed by atoms with Gasteiger partial charge in [-0.05, 0) is 45.2 Å². The zero-order valence-corrected chi connectivity index (χ0v) is 13.3. The number of nitrogens with zero attached hydrogens (tertiary/aromatic N) is 3. The third-order valence-corrected chi connectivity index (χ3v) is 3.64. The van der Waals surface area contributed by atoms with E-state index < -0.39 is 0 Å². The molecule has 1 saturated heterocycles. The van der Waals surface area contributed by atoms with Gasteiger partial charge in [0.2, 0.25) is 0 Å². The first-order valence-corrected chi connectivity index (χ1v) is 7.59. The topological polar surface area (TPSA) is 78.2 Å². The molecule has 0 radical (unpaired) electrons. The highest BCUT2D eigenvalue weighted by Crippen LogP contribution is 2.17. The lowest BCUT2D eigenvalue weighted by molar-refractivity contribution is 0.0701. The Hall–Kier alpha value is -2.29. The first kappa shape index (κ1) is 16.1. The smallest absolute Gasteiger partial charge is 0.410 e. The zero-order chi connectivity index (χ0) is 16.1. The van der Waals surface area contributed by atoms with Crippen LogP contribution in [0.15, 0.2) is 12.1 Å². The first-order valence-electron chi connectivity index (χ1n) is 7.59. The van der Waals surface area contributed by atoms with Crippen molar-refractivity contribution in [2.24, 2.45) is 0 Å². The van der Waals surface area contributed by atoms with Gasteiger partial charge in [-0.25, -0.2) is 9.78 Å². The standard InChI is InChI=1S/C16H22N4O2/c1-11(2)22-16(21)20-8-6-13(7-9-20)18-15-5-4-12(3)14(10-17)19-15/h4-5,11,13H,6-9H2,1-3H3,(H,18,19). The molecule has 0 aromatic carbocycles. The summed E-state index contributed by atoms with van der Waals surface area (Å²) in [7, 11) is 0. The summed E-state index contributed by atoms with van der Waals surface area (Å²) >= 11 is 0. The van der Waals surface area contributed by atoms with E-state index in [1.165, 1.54) is 0 Å². The van der Waals surface area contributed by atoms with Crippen LogP contribution in [0.5, 0.6) is 0 Å². The number of carbonyl (C=O) groups excluding carboxylic acids is 1. The molecule has 0 bridgehead atoms. The fourth-order valence-electron chi connectivity index (χ4n) is 2.41. The van der Waals surface area contributed by atoms with Crippen molar-refractivity contribution >= 4 is 11.9 Å². The van der Waals surface area contributed by atoms with Crippen LogP contribution in [0.25, 0.3) is 0 Å². The van der Waals surface area contributed by atoms with Gasteiger partial charge >= 0.3 is 6.09 Å². The molecule has 1 aliphatic heterocycles. The molecule has 0 atom stereocenters. The number of hydrogen-bond acceptors (Lipinski definition) is 5. The minimum absolute atomic E-state index is 0.0930. The Morgan fingerprint density at radius 1 is 1.45 bits per heavy atom. The number of hydrogen-bond donors (Lipinski definition) is 1. The number of pyridine rings is 1. The fraction of sp³-hybridized carbons (Fsp3) is 0.562. The molecule has 0 unspecified atom stereocenters. The van der Waals surface area contributed by atoms with Crippen molar-refractivity contribution in [3.8, 4) is 6.07 Å². The van der Waals surface area contributed by atoms with E-state index in [9.17, 15) is 4.79 Å². The third kappa shape index (κ3) is 4.10. The maximum atomic E-state index is 11.8. The quantitative estimate of drug-likeness (QED) is 0.928. The van der Waals surface area contributed by atoms with E-state index in [-0.39, 0.29) is 18.2 Å². The molecule has 6 heteroatoms. The van der Waals surface area contributed by atoms with Crippen molar-refractivity contribution < 1.29 is 9.53 Å². The maximum absolute atomic E-state index is 11.8. The van der Waals surface area contributed by atoms with Gasteiger partial charge in [0.25, 0.3) is 0 Å². The number of piperidine rings is 1. The molecule has 0 spiro atoms. The minimum atomic E-state index is -0.242. The van der Waals surface area contributed by atoms with E-state index >= 15 is 0 Å². The number of ether oxygens (including phenoxy) is 1. The number of nitrogens with one attached hydrogen (secondary N) is 1.